The monoisotopic (exact) mass is 342 g/mol. The van der Waals surface area contributed by atoms with Gasteiger partial charge in [-0.25, -0.2) is 15.0 Å². The van der Waals surface area contributed by atoms with Gasteiger partial charge in [0.25, 0.3) is 5.91 Å². The zero-order valence-electron chi connectivity index (χ0n) is 14.2. The van der Waals surface area contributed by atoms with Gasteiger partial charge in [-0.1, -0.05) is 0 Å². The standard InChI is InChI=1S/C18H22N4OS/c1-11-12(2)24-17(21-11)14-4-3-7-22(9-14)18(23)15-8-19-10-20-16(15)13-5-6-13/h8,10,13-14H,3-7,9H2,1-2H3. The number of aromatic nitrogens is 3. The van der Waals surface area contributed by atoms with E-state index in [1.165, 1.54) is 9.88 Å². The summed E-state index contributed by atoms with van der Waals surface area (Å²) in [6.45, 7) is 5.75. The Hall–Kier alpha value is -1.82. The molecule has 4 rings (SSSR count). The number of carbonyl (C=O) groups is 1. The summed E-state index contributed by atoms with van der Waals surface area (Å²) >= 11 is 1.77. The third-order valence-corrected chi connectivity index (χ3v) is 6.28. The van der Waals surface area contributed by atoms with Gasteiger partial charge in [0.15, 0.2) is 0 Å². The van der Waals surface area contributed by atoms with Crippen molar-refractivity contribution < 1.29 is 4.79 Å². The van der Waals surface area contributed by atoms with E-state index in [4.69, 9.17) is 4.98 Å². The molecule has 5 nitrogen and oxygen atoms in total. The van der Waals surface area contributed by atoms with E-state index in [0.29, 0.717) is 17.4 Å². The zero-order chi connectivity index (χ0) is 16.7. The predicted octanol–water partition coefficient (Wildman–Crippen LogP) is 3.45. The molecule has 2 fully saturated rings. The van der Waals surface area contributed by atoms with Crippen LogP contribution in [0.2, 0.25) is 0 Å². The maximum Gasteiger partial charge on any atom is 0.257 e. The first-order valence-electron chi connectivity index (χ1n) is 8.66. The summed E-state index contributed by atoms with van der Waals surface area (Å²) in [5.74, 6) is 0.901. The zero-order valence-corrected chi connectivity index (χ0v) is 15.0. The molecule has 1 saturated heterocycles. The molecular weight excluding hydrogens is 320 g/mol. The lowest BCUT2D eigenvalue weighted by Crippen LogP contribution is -2.39. The third kappa shape index (κ3) is 2.95. The number of rotatable bonds is 3. The van der Waals surface area contributed by atoms with E-state index in [1.54, 1.807) is 23.9 Å². The predicted molar refractivity (Wildman–Crippen MR) is 93.5 cm³/mol. The van der Waals surface area contributed by atoms with Gasteiger partial charge in [-0.3, -0.25) is 4.79 Å². The molecular formula is C18H22N4OS. The van der Waals surface area contributed by atoms with Crippen LogP contribution >= 0.6 is 11.3 Å². The van der Waals surface area contributed by atoms with Crippen molar-refractivity contribution in [3.63, 3.8) is 0 Å². The number of aryl methyl sites for hydroxylation is 2. The topological polar surface area (TPSA) is 59.0 Å². The van der Waals surface area contributed by atoms with Crippen molar-refractivity contribution in [3.8, 4) is 0 Å². The molecule has 1 atom stereocenters. The number of thiazole rings is 1. The molecule has 1 saturated carbocycles. The van der Waals surface area contributed by atoms with Crippen LogP contribution in [0.5, 0.6) is 0 Å². The first-order chi connectivity index (χ1) is 11.6. The fourth-order valence-electron chi connectivity index (χ4n) is 3.39. The van der Waals surface area contributed by atoms with Crippen LogP contribution < -0.4 is 0 Å². The largest absolute Gasteiger partial charge is 0.338 e. The Kier molecular flexibility index (Phi) is 4.08. The molecule has 0 spiro atoms. The van der Waals surface area contributed by atoms with Crippen LogP contribution in [0.25, 0.3) is 0 Å². The molecule has 0 bridgehead atoms. The highest BCUT2D eigenvalue weighted by Crippen LogP contribution is 2.40. The van der Waals surface area contributed by atoms with E-state index in [0.717, 1.165) is 50.2 Å². The van der Waals surface area contributed by atoms with E-state index in [2.05, 4.69) is 23.8 Å². The molecule has 0 radical (unpaired) electrons. The average Bonchev–Trinajstić information content (AvgIpc) is 3.40. The quantitative estimate of drug-likeness (QED) is 0.857. The van der Waals surface area contributed by atoms with Crippen LogP contribution in [-0.2, 0) is 0 Å². The number of hydrogen-bond donors (Lipinski definition) is 0. The molecule has 1 amide bonds. The highest BCUT2D eigenvalue weighted by Gasteiger charge is 2.33. The molecule has 1 unspecified atom stereocenters. The SMILES string of the molecule is Cc1nc(C2CCCN(C(=O)c3cncnc3C3CC3)C2)sc1C. The van der Waals surface area contributed by atoms with E-state index < -0.39 is 0 Å². The second-order valence-corrected chi connectivity index (χ2v) is 8.11. The van der Waals surface area contributed by atoms with Crippen molar-refractivity contribution in [2.75, 3.05) is 13.1 Å². The third-order valence-electron chi connectivity index (χ3n) is 5.04. The number of piperidine rings is 1. The van der Waals surface area contributed by atoms with E-state index in [9.17, 15) is 4.79 Å². The van der Waals surface area contributed by atoms with Gasteiger partial charge in [-0.05, 0) is 39.5 Å². The van der Waals surface area contributed by atoms with Gasteiger partial charge in [0, 0.05) is 36.0 Å². The minimum Gasteiger partial charge on any atom is -0.338 e. The lowest BCUT2D eigenvalue weighted by Gasteiger charge is -2.32. The van der Waals surface area contributed by atoms with Gasteiger partial charge in [-0.15, -0.1) is 11.3 Å². The van der Waals surface area contributed by atoms with Crippen LogP contribution in [0.1, 0.15) is 69.1 Å². The van der Waals surface area contributed by atoms with Crippen LogP contribution in [0, 0.1) is 13.8 Å². The number of nitrogens with zero attached hydrogens (tertiary/aromatic N) is 4. The first-order valence-corrected chi connectivity index (χ1v) is 9.48. The normalized spacial score (nSPS) is 21.1. The fourth-order valence-corrected chi connectivity index (χ4v) is 4.44. The fraction of sp³-hybridized carbons (Fsp3) is 0.556. The number of likely N-dealkylation sites (tertiary alicyclic amines) is 1. The number of amides is 1. The molecule has 0 aromatic carbocycles. The molecule has 1 aliphatic carbocycles. The highest BCUT2D eigenvalue weighted by molar-refractivity contribution is 7.11. The molecule has 1 aliphatic heterocycles. The summed E-state index contributed by atoms with van der Waals surface area (Å²) in [5, 5.41) is 1.18. The molecule has 2 aromatic heterocycles. The second kappa shape index (κ2) is 6.24. The summed E-state index contributed by atoms with van der Waals surface area (Å²) in [7, 11) is 0. The molecule has 3 heterocycles. The molecule has 2 aromatic rings. The van der Waals surface area contributed by atoms with Crippen molar-refractivity contribution in [1.29, 1.82) is 0 Å². The molecule has 126 valence electrons. The Labute approximate surface area is 146 Å². The first kappa shape index (κ1) is 15.7. The molecule has 0 N–H and O–H groups in total. The van der Waals surface area contributed by atoms with Gasteiger partial charge in [-0.2, -0.15) is 0 Å². The molecule has 6 heteroatoms. The minimum absolute atomic E-state index is 0.0900. The van der Waals surface area contributed by atoms with Gasteiger partial charge in [0.2, 0.25) is 0 Å². The van der Waals surface area contributed by atoms with Crippen molar-refractivity contribution in [1.82, 2.24) is 19.9 Å². The Morgan fingerprint density at radius 3 is 2.79 bits per heavy atom. The lowest BCUT2D eigenvalue weighted by atomic mass is 9.97. The maximum absolute atomic E-state index is 13.0. The highest BCUT2D eigenvalue weighted by atomic mass is 32.1. The number of carbonyl (C=O) groups excluding carboxylic acids is 1. The van der Waals surface area contributed by atoms with Crippen molar-refractivity contribution in [3.05, 3.63) is 39.4 Å². The number of hydrogen-bond acceptors (Lipinski definition) is 5. The van der Waals surface area contributed by atoms with Crippen LogP contribution in [0.15, 0.2) is 12.5 Å². The van der Waals surface area contributed by atoms with Crippen molar-refractivity contribution >= 4 is 17.2 Å². The minimum atomic E-state index is 0.0900. The van der Waals surface area contributed by atoms with Crippen LogP contribution in [0.4, 0.5) is 0 Å². The Bertz CT molecular complexity index is 749. The van der Waals surface area contributed by atoms with Gasteiger partial charge in [0.1, 0.15) is 6.33 Å². The second-order valence-electron chi connectivity index (χ2n) is 6.88. The summed E-state index contributed by atoms with van der Waals surface area (Å²) in [6, 6.07) is 0. The maximum atomic E-state index is 13.0. The van der Waals surface area contributed by atoms with Crippen LogP contribution in [-0.4, -0.2) is 38.8 Å². The van der Waals surface area contributed by atoms with E-state index in [1.807, 2.05) is 4.90 Å². The molecule has 2 aliphatic rings. The molecule has 24 heavy (non-hydrogen) atoms. The van der Waals surface area contributed by atoms with Gasteiger partial charge >= 0.3 is 0 Å². The average molecular weight is 342 g/mol. The Balaban J connectivity index is 1.54. The summed E-state index contributed by atoms with van der Waals surface area (Å²) in [6.07, 6.45) is 7.67. The Morgan fingerprint density at radius 2 is 2.08 bits per heavy atom. The lowest BCUT2D eigenvalue weighted by molar-refractivity contribution is 0.0705. The summed E-state index contributed by atoms with van der Waals surface area (Å²) in [5.41, 5.74) is 2.76. The van der Waals surface area contributed by atoms with Crippen molar-refractivity contribution in [2.45, 2.75) is 51.4 Å². The van der Waals surface area contributed by atoms with Crippen molar-refractivity contribution in [2.24, 2.45) is 0 Å². The van der Waals surface area contributed by atoms with Gasteiger partial charge < -0.3 is 4.90 Å². The smallest absolute Gasteiger partial charge is 0.257 e. The van der Waals surface area contributed by atoms with Crippen LogP contribution in [0.3, 0.4) is 0 Å². The summed E-state index contributed by atoms with van der Waals surface area (Å²) in [4.78, 5) is 29.5. The van der Waals surface area contributed by atoms with Gasteiger partial charge in [0.05, 0.1) is 22.0 Å². The van der Waals surface area contributed by atoms with E-state index in [-0.39, 0.29) is 5.91 Å². The van der Waals surface area contributed by atoms with E-state index >= 15 is 0 Å². The Morgan fingerprint density at radius 1 is 1.25 bits per heavy atom. The summed E-state index contributed by atoms with van der Waals surface area (Å²) < 4.78 is 0.